The lowest BCUT2D eigenvalue weighted by Gasteiger charge is -2.11. The van der Waals surface area contributed by atoms with Gasteiger partial charge in [-0.3, -0.25) is 9.59 Å². The molecule has 2 aromatic heterocycles. The minimum Gasteiger partial charge on any atom is -0.348 e. The van der Waals surface area contributed by atoms with Crippen LogP contribution in [0.1, 0.15) is 21.5 Å². The van der Waals surface area contributed by atoms with E-state index in [1.165, 1.54) is 12.4 Å². The molecule has 2 aromatic carbocycles. The summed E-state index contributed by atoms with van der Waals surface area (Å²) in [5.41, 5.74) is 2.95. The number of nitrogens with one attached hydrogen (secondary N) is 1. The summed E-state index contributed by atoms with van der Waals surface area (Å²) in [4.78, 5) is 28.9. The van der Waals surface area contributed by atoms with Crippen LogP contribution in [0, 0.1) is 0 Å². The highest BCUT2D eigenvalue weighted by atomic mass is 16.2. The third-order valence-electron chi connectivity index (χ3n) is 4.65. The number of hydrogen-bond donors (Lipinski definition) is 1. The van der Waals surface area contributed by atoms with Crippen LogP contribution in [0.5, 0.6) is 0 Å². The molecule has 0 aliphatic carbocycles. The van der Waals surface area contributed by atoms with E-state index in [0.717, 1.165) is 22.0 Å². The summed E-state index contributed by atoms with van der Waals surface area (Å²) >= 11 is 0. The predicted molar refractivity (Wildman–Crippen MR) is 106 cm³/mol. The highest BCUT2D eigenvalue weighted by Gasteiger charge is 2.13. The number of benzene rings is 2. The molecular weight excluding hydrogens is 354 g/mol. The highest BCUT2D eigenvalue weighted by molar-refractivity contribution is 6.06. The number of fused-ring (bicyclic) bond motifs is 1. The van der Waals surface area contributed by atoms with Crippen molar-refractivity contribution in [3.05, 3.63) is 94.3 Å². The maximum Gasteiger partial charge on any atom is 0.252 e. The molecule has 0 spiro atoms. The van der Waals surface area contributed by atoms with Gasteiger partial charge in [-0.1, -0.05) is 42.5 Å². The van der Waals surface area contributed by atoms with Gasteiger partial charge in [0.05, 0.1) is 17.6 Å². The number of nitrogens with zero attached hydrogens (tertiary/aromatic N) is 4. The molecule has 0 fully saturated rings. The smallest absolute Gasteiger partial charge is 0.252 e. The van der Waals surface area contributed by atoms with E-state index in [9.17, 15) is 9.59 Å². The van der Waals surface area contributed by atoms with Crippen LogP contribution in [0.4, 0.5) is 0 Å². The SMILES string of the molecule is Cn1c(=O)cc(C(=O)NCc2cccc(Cn3cncn3)c2)c2ccccc21. The van der Waals surface area contributed by atoms with Crippen molar-refractivity contribution >= 4 is 16.8 Å². The second-order valence-electron chi connectivity index (χ2n) is 6.57. The van der Waals surface area contributed by atoms with Crippen LogP contribution in [-0.2, 0) is 20.1 Å². The molecule has 0 radical (unpaired) electrons. The van der Waals surface area contributed by atoms with E-state index in [-0.39, 0.29) is 11.5 Å². The number of aromatic nitrogens is 4. The summed E-state index contributed by atoms with van der Waals surface area (Å²) in [7, 11) is 1.70. The Morgan fingerprint density at radius 1 is 1.07 bits per heavy atom. The third-order valence-corrected chi connectivity index (χ3v) is 4.65. The molecule has 0 saturated carbocycles. The van der Waals surface area contributed by atoms with Gasteiger partial charge in [0, 0.05) is 25.0 Å². The zero-order valence-corrected chi connectivity index (χ0v) is 15.4. The maximum atomic E-state index is 12.8. The Balaban J connectivity index is 1.53. The lowest BCUT2D eigenvalue weighted by Crippen LogP contribution is -2.26. The summed E-state index contributed by atoms with van der Waals surface area (Å²) in [6.45, 7) is 0.981. The van der Waals surface area contributed by atoms with E-state index in [1.807, 2.05) is 48.5 Å². The van der Waals surface area contributed by atoms with Gasteiger partial charge in [-0.05, 0) is 17.2 Å². The van der Waals surface area contributed by atoms with E-state index in [4.69, 9.17) is 0 Å². The van der Waals surface area contributed by atoms with E-state index in [1.54, 1.807) is 22.6 Å². The van der Waals surface area contributed by atoms with E-state index in [2.05, 4.69) is 15.4 Å². The normalized spacial score (nSPS) is 10.9. The van der Waals surface area contributed by atoms with Crippen molar-refractivity contribution in [2.45, 2.75) is 13.1 Å². The highest BCUT2D eigenvalue weighted by Crippen LogP contribution is 2.16. The molecule has 7 nitrogen and oxygen atoms in total. The fourth-order valence-electron chi connectivity index (χ4n) is 3.22. The van der Waals surface area contributed by atoms with E-state index in [0.29, 0.717) is 18.7 Å². The first kappa shape index (κ1) is 17.7. The van der Waals surface area contributed by atoms with Gasteiger partial charge in [0.1, 0.15) is 12.7 Å². The van der Waals surface area contributed by atoms with E-state index < -0.39 is 0 Å². The quantitative estimate of drug-likeness (QED) is 0.581. The molecule has 2 heterocycles. The van der Waals surface area contributed by atoms with Crippen molar-refractivity contribution in [1.82, 2.24) is 24.6 Å². The van der Waals surface area contributed by atoms with Crippen molar-refractivity contribution in [2.24, 2.45) is 7.05 Å². The van der Waals surface area contributed by atoms with Gasteiger partial charge in [-0.25, -0.2) is 9.67 Å². The molecule has 140 valence electrons. The predicted octanol–water partition coefficient (Wildman–Crippen LogP) is 2.11. The summed E-state index contributed by atoms with van der Waals surface area (Å²) in [6, 6.07) is 16.7. The van der Waals surface area contributed by atoms with E-state index >= 15 is 0 Å². The van der Waals surface area contributed by atoms with Crippen molar-refractivity contribution in [1.29, 1.82) is 0 Å². The molecule has 0 bridgehead atoms. The largest absolute Gasteiger partial charge is 0.348 e. The molecule has 0 saturated heterocycles. The average molecular weight is 373 g/mol. The molecule has 7 heteroatoms. The Hall–Kier alpha value is -3.74. The summed E-state index contributed by atoms with van der Waals surface area (Å²) < 4.78 is 3.28. The molecule has 0 aliphatic rings. The van der Waals surface area contributed by atoms with Crippen LogP contribution in [-0.4, -0.2) is 25.2 Å². The molecule has 0 aliphatic heterocycles. The van der Waals surface area contributed by atoms with Crippen molar-refractivity contribution in [3.8, 4) is 0 Å². The molecule has 1 amide bonds. The standard InChI is InChI=1S/C21H19N5O2/c1-25-19-8-3-2-7-17(19)18(10-20(25)27)21(28)23-11-15-5-4-6-16(9-15)12-26-14-22-13-24-26/h2-10,13-14H,11-12H2,1H3,(H,23,28). The lowest BCUT2D eigenvalue weighted by molar-refractivity contribution is 0.0952. The minimum atomic E-state index is -0.268. The van der Waals surface area contributed by atoms with Gasteiger partial charge in [-0.15, -0.1) is 0 Å². The number of hydrogen-bond acceptors (Lipinski definition) is 4. The van der Waals surface area contributed by atoms with Crippen molar-refractivity contribution in [2.75, 3.05) is 0 Å². The van der Waals surface area contributed by atoms with Crippen LogP contribution in [0.15, 0.2) is 72.0 Å². The summed E-state index contributed by atoms with van der Waals surface area (Å²) in [5, 5.41) is 7.77. The average Bonchev–Trinajstić information content (AvgIpc) is 3.22. The van der Waals surface area contributed by atoms with Gasteiger partial charge in [0.25, 0.3) is 11.5 Å². The Labute approximate surface area is 161 Å². The zero-order valence-electron chi connectivity index (χ0n) is 15.4. The van der Waals surface area contributed by atoms with Gasteiger partial charge in [0.15, 0.2) is 0 Å². The molecule has 0 unspecified atom stereocenters. The van der Waals surface area contributed by atoms with Gasteiger partial charge in [0.2, 0.25) is 0 Å². The summed E-state index contributed by atoms with van der Waals surface area (Å²) in [5.74, 6) is -0.268. The molecule has 1 N–H and O–H groups in total. The van der Waals surface area contributed by atoms with Crippen molar-refractivity contribution < 1.29 is 4.79 Å². The first-order valence-electron chi connectivity index (χ1n) is 8.89. The second kappa shape index (κ2) is 7.48. The van der Waals surface area contributed by atoms with Gasteiger partial charge >= 0.3 is 0 Å². The number of carbonyl (C=O) groups is 1. The number of para-hydroxylation sites is 1. The van der Waals surface area contributed by atoms with Crippen LogP contribution in [0.25, 0.3) is 10.9 Å². The number of pyridine rings is 1. The lowest BCUT2D eigenvalue weighted by atomic mass is 10.1. The first-order chi connectivity index (χ1) is 13.6. The van der Waals surface area contributed by atoms with Crippen molar-refractivity contribution in [3.63, 3.8) is 0 Å². The molecular formula is C21H19N5O2. The van der Waals surface area contributed by atoms with Crippen LogP contribution in [0.2, 0.25) is 0 Å². The zero-order chi connectivity index (χ0) is 19.5. The maximum absolute atomic E-state index is 12.8. The topological polar surface area (TPSA) is 81.8 Å². The molecule has 28 heavy (non-hydrogen) atoms. The number of rotatable bonds is 5. The van der Waals surface area contributed by atoms with Gasteiger partial charge in [-0.2, -0.15) is 5.10 Å². The molecule has 0 atom stereocenters. The number of amides is 1. The minimum absolute atomic E-state index is 0.210. The summed E-state index contributed by atoms with van der Waals surface area (Å²) in [6.07, 6.45) is 3.16. The fourth-order valence-corrected chi connectivity index (χ4v) is 3.22. The Morgan fingerprint density at radius 2 is 1.89 bits per heavy atom. The Kier molecular flexibility index (Phi) is 4.72. The number of aryl methyl sites for hydroxylation is 1. The second-order valence-corrected chi connectivity index (χ2v) is 6.57. The third kappa shape index (κ3) is 3.55. The first-order valence-corrected chi connectivity index (χ1v) is 8.89. The van der Waals surface area contributed by atoms with Crippen LogP contribution < -0.4 is 10.9 Å². The Morgan fingerprint density at radius 3 is 2.71 bits per heavy atom. The van der Waals surface area contributed by atoms with Crippen LogP contribution >= 0.6 is 0 Å². The van der Waals surface area contributed by atoms with Gasteiger partial charge < -0.3 is 9.88 Å². The number of carbonyl (C=O) groups excluding carboxylic acids is 1. The fraction of sp³-hybridized carbons (Fsp3) is 0.143. The Bertz CT molecular complexity index is 1200. The molecule has 4 rings (SSSR count). The monoisotopic (exact) mass is 373 g/mol. The molecule has 4 aromatic rings. The van der Waals surface area contributed by atoms with Crippen LogP contribution in [0.3, 0.4) is 0 Å².